The summed E-state index contributed by atoms with van der Waals surface area (Å²) in [6.45, 7) is 0. The lowest BCUT2D eigenvalue weighted by Crippen LogP contribution is -2.21. The zero-order valence-electron chi connectivity index (χ0n) is 7.72. The lowest BCUT2D eigenvalue weighted by molar-refractivity contribution is -0.141. The number of carboxylic acids is 1. The van der Waals surface area contributed by atoms with E-state index >= 15 is 0 Å². The average molecular weight is 208 g/mol. The summed E-state index contributed by atoms with van der Waals surface area (Å²) < 4.78 is 0. The summed E-state index contributed by atoms with van der Waals surface area (Å²) in [7, 11) is 0. The van der Waals surface area contributed by atoms with Gasteiger partial charge in [0.1, 0.15) is 0 Å². The first-order chi connectivity index (χ1) is 6.77. The number of hydrogen-bond donors (Lipinski definition) is 1. The molecule has 74 valence electrons. The normalized spacial score (nSPS) is 21.6. The van der Waals surface area contributed by atoms with Crippen molar-refractivity contribution in [3.63, 3.8) is 0 Å². The van der Waals surface area contributed by atoms with Gasteiger partial charge in [0.05, 0.1) is 5.92 Å². The van der Waals surface area contributed by atoms with Crippen molar-refractivity contribution < 1.29 is 9.90 Å². The van der Waals surface area contributed by atoms with Crippen molar-refractivity contribution in [3.05, 3.63) is 35.9 Å². The number of carbonyl (C=O) groups is 1. The van der Waals surface area contributed by atoms with Crippen molar-refractivity contribution in [2.24, 2.45) is 5.92 Å². The first-order valence-electron chi connectivity index (χ1n) is 4.65. The molecule has 2 nitrogen and oxygen atoms in total. The van der Waals surface area contributed by atoms with Crippen LogP contribution in [0.2, 0.25) is 0 Å². The van der Waals surface area contributed by atoms with E-state index in [-0.39, 0.29) is 5.92 Å². The molecular formula is C11H12O2S. The van der Waals surface area contributed by atoms with E-state index in [1.807, 2.05) is 30.3 Å². The highest BCUT2D eigenvalue weighted by Crippen LogP contribution is 2.38. The van der Waals surface area contributed by atoms with Gasteiger partial charge < -0.3 is 5.11 Å². The zero-order chi connectivity index (χ0) is 9.97. The van der Waals surface area contributed by atoms with Gasteiger partial charge in [-0.2, -0.15) is 11.8 Å². The van der Waals surface area contributed by atoms with Gasteiger partial charge in [0.2, 0.25) is 0 Å². The molecule has 0 aromatic heterocycles. The van der Waals surface area contributed by atoms with Crippen molar-refractivity contribution in [2.75, 3.05) is 5.75 Å². The largest absolute Gasteiger partial charge is 0.481 e. The van der Waals surface area contributed by atoms with Gasteiger partial charge in [-0.3, -0.25) is 4.79 Å². The Bertz CT molecular complexity index is 319. The van der Waals surface area contributed by atoms with Gasteiger partial charge >= 0.3 is 5.97 Å². The minimum Gasteiger partial charge on any atom is -0.481 e. The molecule has 1 aromatic carbocycles. The highest BCUT2D eigenvalue weighted by Gasteiger charge is 2.36. The average Bonchev–Trinajstić information content (AvgIpc) is 2.99. The van der Waals surface area contributed by atoms with Crippen LogP contribution in [-0.4, -0.2) is 22.1 Å². The minimum absolute atomic E-state index is 0.206. The Morgan fingerprint density at radius 1 is 1.50 bits per heavy atom. The quantitative estimate of drug-likeness (QED) is 0.769. The predicted molar refractivity (Wildman–Crippen MR) is 57.5 cm³/mol. The lowest BCUT2D eigenvalue weighted by Gasteiger charge is -2.09. The van der Waals surface area contributed by atoms with Crippen molar-refractivity contribution in [1.29, 1.82) is 0 Å². The van der Waals surface area contributed by atoms with E-state index in [9.17, 15) is 4.79 Å². The summed E-state index contributed by atoms with van der Waals surface area (Å²) in [5, 5.41) is 9.37. The molecule has 1 aromatic rings. The fraction of sp³-hybridized carbons (Fsp3) is 0.364. The molecule has 1 heterocycles. The van der Waals surface area contributed by atoms with Crippen LogP contribution in [0.15, 0.2) is 30.3 Å². The van der Waals surface area contributed by atoms with E-state index < -0.39 is 5.97 Å². The van der Waals surface area contributed by atoms with E-state index in [1.165, 1.54) is 0 Å². The fourth-order valence-corrected chi connectivity index (χ4v) is 2.32. The molecular weight excluding hydrogens is 196 g/mol. The van der Waals surface area contributed by atoms with Gasteiger partial charge in [-0.25, -0.2) is 0 Å². The lowest BCUT2D eigenvalue weighted by atomic mass is 9.97. The van der Waals surface area contributed by atoms with Gasteiger partial charge in [0.15, 0.2) is 0 Å². The van der Waals surface area contributed by atoms with Gasteiger partial charge in [-0.1, -0.05) is 30.3 Å². The van der Waals surface area contributed by atoms with Crippen molar-refractivity contribution in [1.82, 2.24) is 0 Å². The monoisotopic (exact) mass is 208 g/mol. The molecule has 1 saturated heterocycles. The number of rotatable bonds is 4. The summed E-state index contributed by atoms with van der Waals surface area (Å²) in [4.78, 5) is 11.0. The van der Waals surface area contributed by atoms with Crippen LogP contribution in [0.1, 0.15) is 5.56 Å². The van der Waals surface area contributed by atoms with Gasteiger partial charge in [-0.05, 0) is 12.0 Å². The number of benzene rings is 1. The molecule has 3 heteroatoms. The van der Waals surface area contributed by atoms with Crippen LogP contribution >= 0.6 is 11.8 Å². The van der Waals surface area contributed by atoms with Crippen LogP contribution < -0.4 is 0 Å². The highest BCUT2D eigenvalue weighted by molar-refractivity contribution is 8.06. The third-order valence-electron chi connectivity index (χ3n) is 2.42. The predicted octanol–water partition coefficient (Wildman–Crippen LogP) is 2.05. The fourth-order valence-electron chi connectivity index (χ4n) is 1.53. The molecule has 0 unspecified atom stereocenters. The Labute approximate surface area is 87.3 Å². The number of thioether (sulfide) groups is 1. The number of carboxylic acid groups (broad SMARTS) is 1. The second-order valence-corrected chi connectivity index (χ2v) is 4.78. The Kier molecular flexibility index (Phi) is 2.77. The topological polar surface area (TPSA) is 37.3 Å². The summed E-state index contributed by atoms with van der Waals surface area (Å²) in [6, 6.07) is 9.83. The summed E-state index contributed by atoms with van der Waals surface area (Å²) in [5.41, 5.74) is 1.12. The van der Waals surface area contributed by atoms with Gasteiger partial charge in [0.25, 0.3) is 0 Å². The van der Waals surface area contributed by atoms with E-state index in [1.54, 1.807) is 11.8 Å². The zero-order valence-corrected chi connectivity index (χ0v) is 8.54. The molecule has 0 aliphatic carbocycles. The third-order valence-corrected chi connectivity index (χ3v) is 3.47. The molecule has 1 N–H and O–H groups in total. The van der Waals surface area contributed by atoms with Crippen molar-refractivity contribution >= 4 is 17.7 Å². The second-order valence-electron chi connectivity index (χ2n) is 3.51. The van der Waals surface area contributed by atoms with Crippen LogP contribution in [0, 0.1) is 5.92 Å². The number of aliphatic carboxylic acids is 1. The minimum atomic E-state index is -0.663. The van der Waals surface area contributed by atoms with Crippen LogP contribution in [0.25, 0.3) is 0 Å². The second kappa shape index (κ2) is 4.05. The van der Waals surface area contributed by atoms with Crippen LogP contribution in [0.5, 0.6) is 0 Å². The Hall–Kier alpha value is -0.960. The Morgan fingerprint density at radius 2 is 2.14 bits per heavy atom. The molecule has 0 bridgehead atoms. The summed E-state index contributed by atoms with van der Waals surface area (Å²) in [5.74, 6) is 0.135. The van der Waals surface area contributed by atoms with E-state index in [4.69, 9.17) is 5.11 Å². The molecule has 0 spiro atoms. The van der Waals surface area contributed by atoms with Crippen LogP contribution in [0.4, 0.5) is 0 Å². The first-order valence-corrected chi connectivity index (χ1v) is 5.70. The van der Waals surface area contributed by atoms with Gasteiger partial charge in [0, 0.05) is 11.0 Å². The third kappa shape index (κ3) is 2.29. The molecule has 0 radical (unpaired) electrons. The van der Waals surface area contributed by atoms with Crippen LogP contribution in [-0.2, 0) is 11.2 Å². The van der Waals surface area contributed by atoms with E-state index in [0.717, 1.165) is 11.3 Å². The molecule has 0 amide bonds. The maximum Gasteiger partial charge on any atom is 0.307 e. The van der Waals surface area contributed by atoms with E-state index in [0.29, 0.717) is 11.7 Å². The molecule has 2 atom stereocenters. The van der Waals surface area contributed by atoms with Crippen LogP contribution in [0.3, 0.4) is 0 Å². The standard InChI is InChI=1S/C11H12O2S/c12-11(13)9(10-7-14-10)6-8-4-2-1-3-5-8/h1-5,9-10H,6-7H2,(H,12,13)/t9-,10-/m0/s1. The smallest absolute Gasteiger partial charge is 0.307 e. The highest BCUT2D eigenvalue weighted by atomic mass is 32.2. The van der Waals surface area contributed by atoms with E-state index in [2.05, 4.69) is 0 Å². The Balaban J connectivity index is 2.04. The van der Waals surface area contributed by atoms with Crippen molar-refractivity contribution in [2.45, 2.75) is 11.7 Å². The maximum absolute atomic E-state index is 11.0. The first kappa shape index (κ1) is 9.59. The number of hydrogen-bond acceptors (Lipinski definition) is 2. The molecule has 1 fully saturated rings. The molecule has 1 aliphatic rings. The van der Waals surface area contributed by atoms with Gasteiger partial charge in [-0.15, -0.1) is 0 Å². The van der Waals surface area contributed by atoms with Crippen molar-refractivity contribution in [3.8, 4) is 0 Å². The summed E-state index contributed by atoms with van der Waals surface area (Å²) in [6.07, 6.45) is 0.661. The SMILES string of the molecule is O=C(O)[C@@H](Cc1ccccc1)[C@@H]1CS1. The molecule has 0 saturated carbocycles. The molecule has 14 heavy (non-hydrogen) atoms. The molecule has 2 rings (SSSR count). The maximum atomic E-state index is 11.0. The summed E-state index contributed by atoms with van der Waals surface area (Å²) >= 11 is 1.74. The molecule has 1 aliphatic heterocycles. The Morgan fingerprint density at radius 3 is 2.64 bits per heavy atom.